The molecule has 0 aromatic heterocycles. The molecule has 0 saturated heterocycles. The summed E-state index contributed by atoms with van der Waals surface area (Å²) in [6.07, 6.45) is 0.504. The first-order valence-electron chi connectivity index (χ1n) is 5.64. The standard InChI is InChI=1S/C12H19NO4S/c1-12(2,8-9-14)17-10-4-6-11(7-5-10)18(15,16)13-3/h4-7,13-14H,8-9H2,1-3H3. The Bertz CT molecular complexity index is 479. The lowest BCUT2D eigenvalue weighted by atomic mass is 10.1. The first-order chi connectivity index (χ1) is 8.30. The number of ether oxygens (including phenoxy) is 1. The van der Waals surface area contributed by atoms with Gasteiger partial charge in [0.2, 0.25) is 10.0 Å². The molecule has 0 fully saturated rings. The fraction of sp³-hybridized carbons (Fsp3) is 0.500. The van der Waals surface area contributed by atoms with Gasteiger partial charge in [0.05, 0.1) is 4.90 Å². The third-order valence-electron chi connectivity index (χ3n) is 2.51. The van der Waals surface area contributed by atoms with Gasteiger partial charge in [0.15, 0.2) is 0 Å². The second kappa shape index (κ2) is 5.69. The van der Waals surface area contributed by atoms with Crippen LogP contribution in [0, 0.1) is 0 Å². The van der Waals surface area contributed by atoms with Crippen molar-refractivity contribution in [3.63, 3.8) is 0 Å². The molecule has 0 aliphatic heterocycles. The summed E-state index contributed by atoms with van der Waals surface area (Å²) in [4.78, 5) is 0.192. The Hall–Kier alpha value is -1.11. The van der Waals surface area contributed by atoms with Crippen molar-refractivity contribution >= 4 is 10.0 Å². The summed E-state index contributed by atoms with van der Waals surface area (Å²) in [6.45, 7) is 3.77. The molecule has 1 rings (SSSR count). The van der Waals surface area contributed by atoms with Gasteiger partial charge < -0.3 is 9.84 Å². The molecule has 0 spiro atoms. The predicted molar refractivity (Wildman–Crippen MR) is 69.1 cm³/mol. The van der Waals surface area contributed by atoms with Crippen LogP contribution in [0.1, 0.15) is 20.3 Å². The van der Waals surface area contributed by atoms with Gasteiger partial charge in [0.1, 0.15) is 11.4 Å². The first-order valence-corrected chi connectivity index (χ1v) is 7.12. The normalized spacial score (nSPS) is 12.4. The van der Waals surface area contributed by atoms with E-state index in [0.717, 1.165) is 0 Å². The monoisotopic (exact) mass is 273 g/mol. The highest BCUT2D eigenvalue weighted by atomic mass is 32.2. The quantitative estimate of drug-likeness (QED) is 0.815. The molecule has 1 aromatic carbocycles. The Balaban J connectivity index is 2.84. The summed E-state index contributed by atoms with van der Waals surface area (Å²) in [5.74, 6) is 0.573. The zero-order valence-electron chi connectivity index (χ0n) is 10.8. The highest BCUT2D eigenvalue weighted by Crippen LogP contribution is 2.22. The van der Waals surface area contributed by atoms with Gasteiger partial charge in [-0.25, -0.2) is 13.1 Å². The van der Waals surface area contributed by atoms with Crippen molar-refractivity contribution in [2.24, 2.45) is 0 Å². The van der Waals surface area contributed by atoms with Crippen LogP contribution in [0.4, 0.5) is 0 Å². The van der Waals surface area contributed by atoms with E-state index in [4.69, 9.17) is 9.84 Å². The first kappa shape index (κ1) is 14.9. The number of aliphatic hydroxyl groups is 1. The molecule has 0 aliphatic carbocycles. The highest BCUT2D eigenvalue weighted by Gasteiger charge is 2.19. The SMILES string of the molecule is CNS(=O)(=O)c1ccc(OC(C)(C)CCO)cc1. The van der Waals surface area contributed by atoms with Gasteiger partial charge in [-0.05, 0) is 45.2 Å². The predicted octanol–water partition coefficient (Wildman–Crippen LogP) is 1.13. The van der Waals surface area contributed by atoms with Crippen LogP contribution in [-0.2, 0) is 10.0 Å². The van der Waals surface area contributed by atoms with Crippen LogP contribution in [0.25, 0.3) is 0 Å². The number of nitrogens with one attached hydrogen (secondary N) is 1. The van der Waals surface area contributed by atoms with Crippen LogP contribution in [0.5, 0.6) is 5.75 Å². The van der Waals surface area contributed by atoms with Crippen LogP contribution in [0.2, 0.25) is 0 Å². The number of aliphatic hydroxyl groups excluding tert-OH is 1. The molecule has 1 aromatic rings. The number of sulfonamides is 1. The Morgan fingerprint density at radius 2 is 1.83 bits per heavy atom. The van der Waals surface area contributed by atoms with Gasteiger partial charge in [0, 0.05) is 13.0 Å². The Morgan fingerprint density at radius 3 is 2.28 bits per heavy atom. The minimum atomic E-state index is -3.41. The summed E-state index contributed by atoms with van der Waals surface area (Å²) in [6, 6.07) is 6.17. The number of benzene rings is 1. The fourth-order valence-corrected chi connectivity index (χ4v) is 2.17. The maximum absolute atomic E-state index is 11.5. The zero-order valence-corrected chi connectivity index (χ0v) is 11.6. The maximum atomic E-state index is 11.5. The molecular formula is C12H19NO4S. The summed E-state index contributed by atoms with van der Waals surface area (Å²) in [5, 5.41) is 8.90. The smallest absolute Gasteiger partial charge is 0.240 e. The van der Waals surface area contributed by atoms with E-state index in [-0.39, 0.29) is 11.5 Å². The van der Waals surface area contributed by atoms with Crippen molar-refractivity contribution in [3.8, 4) is 5.75 Å². The van der Waals surface area contributed by atoms with Crippen molar-refractivity contribution in [3.05, 3.63) is 24.3 Å². The van der Waals surface area contributed by atoms with E-state index in [1.807, 2.05) is 13.8 Å². The molecule has 0 bridgehead atoms. The number of hydrogen-bond acceptors (Lipinski definition) is 4. The lowest BCUT2D eigenvalue weighted by Gasteiger charge is -2.25. The van der Waals surface area contributed by atoms with E-state index in [0.29, 0.717) is 12.2 Å². The van der Waals surface area contributed by atoms with E-state index in [2.05, 4.69) is 4.72 Å². The second-order valence-electron chi connectivity index (χ2n) is 4.51. The Morgan fingerprint density at radius 1 is 1.28 bits per heavy atom. The molecule has 0 unspecified atom stereocenters. The molecule has 18 heavy (non-hydrogen) atoms. The van der Waals surface area contributed by atoms with Gasteiger partial charge in [0.25, 0.3) is 0 Å². The summed E-state index contributed by atoms with van der Waals surface area (Å²) in [7, 11) is -2.05. The van der Waals surface area contributed by atoms with Gasteiger partial charge in [-0.15, -0.1) is 0 Å². The molecule has 2 N–H and O–H groups in total. The van der Waals surface area contributed by atoms with E-state index < -0.39 is 15.6 Å². The van der Waals surface area contributed by atoms with Crippen LogP contribution in [-0.4, -0.2) is 32.8 Å². The molecular weight excluding hydrogens is 254 g/mol. The van der Waals surface area contributed by atoms with E-state index in [1.165, 1.54) is 19.2 Å². The van der Waals surface area contributed by atoms with Gasteiger partial charge in [-0.1, -0.05) is 0 Å². The van der Waals surface area contributed by atoms with E-state index in [1.54, 1.807) is 12.1 Å². The van der Waals surface area contributed by atoms with Crippen LogP contribution in [0.15, 0.2) is 29.2 Å². The molecule has 0 saturated carbocycles. The summed E-state index contributed by atoms with van der Waals surface area (Å²) in [5.41, 5.74) is -0.488. The molecule has 0 radical (unpaired) electrons. The molecule has 5 nitrogen and oxygen atoms in total. The minimum Gasteiger partial charge on any atom is -0.488 e. The van der Waals surface area contributed by atoms with E-state index in [9.17, 15) is 8.42 Å². The average Bonchev–Trinajstić information content (AvgIpc) is 2.29. The van der Waals surface area contributed by atoms with Gasteiger partial charge in [-0.2, -0.15) is 0 Å². The highest BCUT2D eigenvalue weighted by molar-refractivity contribution is 7.89. The van der Waals surface area contributed by atoms with Gasteiger partial charge in [-0.3, -0.25) is 0 Å². The minimum absolute atomic E-state index is 0.0409. The molecule has 0 heterocycles. The third kappa shape index (κ3) is 3.97. The molecule has 0 atom stereocenters. The number of hydrogen-bond donors (Lipinski definition) is 2. The zero-order chi connectivity index (χ0) is 13.8. The summed E-state index contributed by atoms with van der Waals surface area (Å²) >= 11 is 0. The van der Waals surface area contributed by atoms with E-state index >= 15 is 0 Å². The largest absolute Gasteiger partial charge is 0.488 e. The summed E-state index contributed by atoms with van der Waals surface area (Å²) < 4.78 is 30.9. The van der Waals surface area contributed by atoms with Crippen LogP contribution < -0.4 is 9.46 Å². The van der Waals surface area contributed by atoms with Crippen molar-refractivity contribution in [1.29, 1.82) is 0 Å². The molecule has 0 amide bonds. The van der Waals surface area contributed by atoms with Crippen LogP contribution in [0.3, 0.4) is 0 Å². The second-order valence-corrected chi connectivity index (χ2v) is 6.40. The van der Waals surface area contributed by atoms with Crippen LogP contribution >= 0.6 is 0 Å². The molecule has 0 aliphatic rings. The fourth-order valence-electron chi connectivity index (χ4n) is 1.44. The maximum Gasteiger partial charge on any atom is 0.240 e. The number of rotatable bonds is 6. The van der Waals surface area contributed by atoms with Crippen molar-refractivity contribution in [1.82, 2.24) is 4.72 Å². The molecule has 6 heteroatoms. The van der Waals surface area contributed by atoms with Gasteiger partial charge >= 0.3 is 0 Å². The average molecular weight is 273 g/mol. The Labute approximate surface area is 108 Å². The van der Waals surface area contributed by atoms with Crippen molar-refractivity contribution in [2.75, 3.05) is 13.7 Å². The Kier molecular flexibility index (Phi) is 4.72. The molecule has 102 valence electrons. The lowest BCUT2D eigenvalue weighted by molar-refractivity contribution is 0.0764. The third-order valence-corrected chi connectivity index (χ3v) is 3.94. The topological polar surface area (TPSA) is 75.6 Å². The van der Waals surface area contributed by atoms with Crippen molar-refractivity contribution in [2.45, 2.75) is 30.8 Å². The lowest BCUT2D eigenvalue weighted by Crippen LogP contribution is -2.29. The van der Waals surface area contributed by atoms with Crippen molar-refractivity contribution < 1.29 is 18.3 Å².